The molecule has 1 aliphatic heterocycles. The number of nitrogens with zero attached hydrogens (tertiary/aromatic N) is 2. The van der Waals surface area contributed by atoms with Crippen LogP contribution >= 0.6 is 11.3 Å². The van der Waals surface area contributed by atoms with E-state index in [0.717, 1.165) is 27.8 Å². The fourth-order valence-electron chi connectivity index (χ4n) is 2.59. The second-order valence-electron chi connectivity index (χ2n) is 4.82. The van der Waals surface area contributed by atoms with Crippen LogP contribution < -0.4 is 0 Å². The summed E-state index contributed by atoms with van der Waals surface area (Å²) in [5.74, 6) is 0. The Hall–Kier alpha value is -1.82. The number of ether oxygens (including phenoxy) is 1. The normalized spacial score (nSPS) is 18.1. The zero-order valence-electron chi connectivity index (χ0n) is 10.6. The fraction of sp³-hybridized carbons (Fsp3) is 0.200. The van der Waals surface area contributed by atoms with Gasteiger partial charge in [-0.1, -0.05) is 6.07 Å². The summed E-state index contributed by atoms with van der Waals surface area (Å²) in [5.41, 5.74) is 6.80. The summed E-state index contributed by atoms with van der Waals surface area (Å²) < 4.78 is 6.62. The van der Waals surface area contributed by atoms with Gasteiger partial charge in [-0.05, 0) is 23.3 Å². The van der Waals surface area contributed by atoms with Crippen LogP contribution in [-0.2, 0) is 11.3 Å². The van der Waals surface area contributed by atoms with E-state index in [1.165, 1.54) is 4.70 Å². The Morgan fingerprint density at radius 2 is 2.25 bits per heavy atom. The minimum absolute atomic E-state index is 0.337. The highest BCUT2D eigenvalue weighted by atomic mass is 32.1. The van der Waals surface area contributed by atoms with Gasteiger partial charge in [-0.15, -0.1) is 11.3 Å². The molecule has 5 heteroatoms. The minimum atomic E-state index is -0.589. The third-order valence-electron chi connectivity index (χ3n) is 3.61. The molecule has 3 aromatic rings. The topological polar surface area (TPSA) is 55.2 Å². The molecule has 0 saturated heterocycles. The summed E-state index contributed by atoms with van der Waals surface area (Å²) in [6, 6.07) is 6.20. The molecular weight excluding hydrogens is 272 g/mol. The van der Waals surface area contributed by atoms with Crippen LogP contribution in [0.1, 0.15) is 17.2 Å². The van der Waals surface area contributed by atoms with Gasteiger partial charge in [0.25, 0.3) is 0 Å². The third kappa shape index (κ3) is 1.83. The van der Waals surface area contributed by atoms with E-state index in [1.807, 2.05) is 11.7 Å². The smallest absolute Gasteiger partial charge is 0.104 e. The maximum atomic E-state index is 10.00. The summed E-state index contributed by atoms with van der Waals surface area (Å²) in [7, 11) is 0. The van der Waals surface area contributed by atoms with Crippen LogP contribution in [0.25, 0.3) is 21.3 Å². The molecule has 0 aliphatic carbocycles. The summed E-state index contributed by atoms with van der Waals surface area (Å²) >= 11 is 1.63. The molecule has 1 aliphatic rings. The van der Waals surface area contributed by atoms with Crippen LogP contribution in [0, 0.1) is 0 Å². The van der Waals surface area contributed by atoms with Crippen molar-refractivity contribution in [3.63, 3.8) is 0 Å². The maximum absolute atomic E-state index is 10.00. The van der Waals surface area contributed by atoms with Gasteiger partial charge in [0.15, 0.2) is 0 Å². The molecule has 0 fully saturated rings. The first-order chi connectivity index (χ1) is 9.83. The summed E-state index contributed by atoms with van der Waals surface area (Å²) in [5, 5.41) is 10.00. The van der Waals surface area contributed by atoms with Crippen LogP contribution in [0.2, 0.25) is 0 Å². The van der Waals surface area contributed by atoms with Gasteiger partial charge in [-0.3, -0.25) is 4.98 Å². The number of fused-ring (bicyclic) bond motifs is 2. The van der Waals surface area contributed by atoms with Crippen LogP contribution in [0.3, 0.4) is 0 Å². The number of aromatic nitrogens is 2. The van der Waals surface area contributed by atoms with Gasteiger partial charge in [0.05, 0.1) is 28.9 Å². The predicted molar refractivity (Wildman–Crippen MR) is 77.5 cm³/mol. The Morgan fingerprint density at radius 1 is 1.30 bits per heavy atom. The van der Waals surface area contributed by atoms with E-state index in [4.69, 9.17) is 4.74 Å². The first-order valence-electron chi connectivity index (χ1n) is 6.39. The number of rotatable bonds is 1. The molecule has 20 heavy (non-hydrogen) atoms. The van der Waals surface area contributed by atoms with E-state index in [-0.39, 0.29) is 0 Å². The quantitative estimate of drug-likeness (QED) is 0.746. The third-order valence-corrected chi connectivity index (χ3v) is 4.42. The van der Waals surface area contributed by atoms with Crippen LogP contribution in [-0.4, -0.2) is 21.7 Å². The lowest BCUT2D eigenvalue weighted by Gasteiger charge is -2.23. The second kappa shape index (κ2) is 4.63. The average Bonchev–Trinajstić information content (AvgIpc) is 2.94. The largest absolute Gasteiger partial charge is 0.386 e. The molecule has 3 heterocycles. The molecule has 1 atom stereocenters. The molecule has 2 aromatic heterocycles. The molecule has 4 nitrogen and oxygen atoms in total. The van der Waals surface area contributed by atoms with Gasteiger partial charge >= 0.3 is 0 Å². The van der Waals surface area contributed by atoms with Crippen molar-refractivity contribution in [3.8, 4) is 11.1 Å². The maximum Gasteiger partial charge on any atom is 0.104 e. The van der Waals surface area contributed by atoms with E-state index in [9.17, 15) is 5.11 Å². The lowest BCUT2D eigenvalue weighted by atomic mass is 9.95. The highest BCUT2D eigenvalue weighted by Gasteiger charge is 2.22. The number of aliphatic hydroxyl groups excluding tert-OH is 1. The van der Waals surface area contributed by atoms with Crippen molar-refractivity contribution in [2.45, 2.75) is 12.7 Å². The average molecular weight is 284 g/mol. The molecule has 100 valence electrons. The van der Waals surface area contributed by atoms with Gasteiger partial charge < -0.3 is 9.84 Å². The Balaban J connectivity index is 1.91. The summed E-state index contributed by atoms with van der Waals surface area (Å²) in [4.78, 5) is 8.61. The van der Waals surface area contributed by atoms with E-state index < -0.39 is 6.10 Å². The van der Waals surface area contributed by atoms with Crippen LogP contribution in [0.4, 0.5) is 0 Å². The lowest BCUT2D eigenvalue weighted by molar-refractivity contribution is 0.00981. The van der Waals surface area contributed by atoms with Crippen molar-refractivity contribution in [1.29, 1.82) is 0 Å². The van der Waals surface area contributed by atoms with Crippen molar-refractivity contribution in [2.75, 3.05) is 6.61 Å². The highest BCUT2D eigenvalue weighted by molar-refractivity contribution is 7.16. The van der Waals surface area contributed by atoms with Crippen molar-refractivity contribution in [2.24, 2.45) is 0 Å². The number of thiazole rings is 1. The monoisotopic (exact) mass is 284 g/mol. The summed E-state index contributed by atoms with van der Waals surface area (Å²) in [6.07, 6.45) is 2.97. The van der Waals surface area contributed by atoms with Crippen molar-refractivity contribution < 1.29 is 9.84 Å². The standard InChI is InChI=1S/C15H12N2O2S/c18-14-7-19-6-12-10(4-16-5-11(12)14)9-1-2-15-13(3-9)17-8-20-15/h1-5,8,14,18H,6-7H2. The van der Waals surface area contributed by atoms with E-state index in [0.29, 0.717) is 13.2 Å². The molecule has 1 unspecified atom stereocenters. The molecule has 1 N–H and O–H groups in total. The van der Waals surface area contributed by atoms with Gasteiger partial charge in [0.2, 0.25) is 0 Å². The zero-order chi connectivity index (χ0) is 13.5. The minimum Gasteiger partial charge on any atom is -0.386 e. The molecule has 0 bridgehead atoms. The number of hydrogen-bond donors (Lipinski definition) is 1. The van der Waals surface area contributed by atoms with Gasteiger partial charge in [-0.25, -0.2) is 4.98 Å². The molecule has 4 rings (SSSR count). The second-order valence-corrected chi connectivity index (χ2v) is 5.71. The predicted octanol–water partition coefficient (Wildman–Crippen LogP) is 2.92. The number of pyridine rings is 1. The van der Waals surface area contributed by atoms with Gasteiger partial charge in [0, 0.05) is 23.5 Å². The van der Waals surface area contributed by atoms with Gasteiger partial charge in [0.1, 0.15) is 6.10 Å². The molecular formula is C15H12N2O2S. The Kier molecular flexibility index (Phi) is 2.77. The number of hydrogen-bond acceptors (Lipinski definition) is 5. The number of benzene rings is 1. The summed E-state index contributed by atoms with van der Waals surface area (Å²) in [6.45, 7) is 0.850. The van der Waals surface area contributed by atoms with Crippen LogP contribution in [0.5, 0.6) is 0 Å². The Labute approximate surface area is 119 Å². The van der Waals surface area contributed by atoms with E-state index in [2.05, 4.69) is 28.2 Å². The number of aliphatic hydroxyl groups is 1. The first-order valence-corrected chi connectivity index (χ1v) is 7.27. The van der Waals surface area contributed by atoms with Crippen LogP contribution in [0.15, 0.2) is 36.1 Å². The zero-order valence-corrected chi connectivity index (χ0v) is 11.4. The molecule has 0 amide bonds. The van der Waals surface area contributed by atoms with Crippen molar-refractivity contribution in [1.82, 2.24) is 9.97 Å². The van der Waals surface area contributed by atoms with E-state index in [1.54, 1.807) is 17.5 Å². The van der Waals surface area contributed by atoms with E-state index >= 15 is 0 Å². The van der Waals surface area contributed by atoms with Gasteiger partial charge in [-0.2, -0.15) is 0 Å². The highest BCUT2D eigenvalue weighted by Crippen LogP contribution is 2.33. The first kappa shape index (κ1) is 12.0. The molecule has 0 saturated carbocycles. The molecule has 1 aromatic carbocycles. The lowest BCUT2D eigenvalue weighted by Crippen LogP contribution is -2.17. The Bertz CT molecular complexity index is 784. The Morgan fingerprint density at radius 3 is 3.20 bits per heavy atom. The fourth-order valence-corrected chi connectivity index (χ4v) is 3.25. The van der Waals surface area contributed by atoms with Crippen molar-refractivity contribution in [3.05, 3.63) is 47.2 Å². The molecule has 0 radical (unpaired) electrons. The SMILES string of the molecule is OC1COCc2c(-c3ccc4scnc4c3)cncc21. The van der Waals surface area contributed by atoms with Crippen molar-refractivity contribution >= 4 is 21.6 Å². The molecule has 0 spiro atoms.